The van der Waals surface area contributed by atoms with Crippen LogP contribution in [0.5, 0.6) is 0 Å². The molecular weight excluding hydrogens is 228 g/mol. The average Bonchev–Trinajstić information content (AvgIpc) is 2.86. The van der Waals surface area contributed by atoms with E-state index in [0.29, 0.717) is 5.76 Å². The highest BCUT2D eigenvalue weighted by Gasteiger charge is 2.14. The van der Waals surface area contributed by atoms with Gasteiger partial charge in [-0.2, -0.15) is 0 Å². The molecular formula is C10H8N2O5. The number of hydrogen-bond donors (Lipinski definition) is 1. The Kier molecular flexibility index (Phi) is 2.65. The fraction of sp³-hybridized carbons (Fsp3) is 0.100. The van der Waals surface area contributed by atoms with Crippen molar-refractivity contribution in [1.82, 2.24) is 4.57 Å². The maximum atomic E-state index is 10.8. The maximum absolute atomic E-state index is 10.8. The molecule has 2 aromatic rings. The van der Waals surface area contributed by atoms with Crippen LogP contribution in [0.4, 0.5) is 5.88 Å². The Balaban J connectivity index is 2.22. The van der Waals surface area contributed by atoms with Crippen LogP contribution >= 0.6 is 0 Å². The van der Waals surface area contributed by atoms with Gasteiger partial charge in [0.1, 0.15) is 16.4 Å². The third-order valence-corrected chi connectivity index (χ3v) is 2.20. The van der Waals surface area contributed by atoms with E-state index in [1.54, 1.807) is 12.3 Å². The predicted octanol–water partition coefficient (Wildman–Crippen LogP) is 1.74. The number of furan rings is 1. The fourth-order valence-electron chi connectivity index (χ4n) is 1.46. The minimum absolute atomic E-state index is 0.101. The van der Waals surface area contributed by atoms with Gasteiger partial charge in [-0.25, -0.2) is 4.79 Å². The predicted molar refractivity (Wildman–Crippen MR) is 55.9 cm³/mol. The summed E-state index contributed by atoms with van der Waals surface area (Å²) < 4.78 is 6.38. The molecule has 0 atom stereocenters. The Labute approximate surface area is 95.0 Å². The molecule has 88 valence electrons. The Hall–Kier alpha value is -2.57. The number of hydrogen-bond acceptors (Lipinski definition) is 4. The van der Waals surface area contributed by atoms with Crippen molar-refractivity contribution in [3.05, 3.63) is 52.0 Å². The SMILES string of the molecule is O=C(O)c1cccn1Cc1ccc([N+](=O)[O-])o1. The monoisotopic (exact) mass is 236 g/mol. The molecule has 0 aromatic carbocycles. The lowest BCUT2D eigenvalue weighted by atomic mass is 10.4. The van der Waals surface area contributed by atoms with Gasteiger partial charge in [-0.1, -0.05) is 0 Å². The minimum Gasteiger partial charge on any atom is -0.477 e. The summed E-state index contributed by atoms with van der Waals surface area (Å²) in [6.45, 7) is 0.141. The van der Waals surface area contributed by atoms with Crippen LogP contribution in [0.1, 0.15) is 16.2 Å². The summed E-state index contributed by atoms with van der Waals surface area (Å²) in [5, 5.41) is 19.3. The molecule has 0 aliphatic carbocycles. The van der Waals surface area contributed by atoms with E-state index in [2.05, 4.69) is 0 Å². The van der Waals surface area contributed by atoms with Crippen molar-refractivity contribution in [2.75, 3.05) is 0 Å². The van der Waals surface area contributed by atoms with E-state index < -0.39 is 10.9 Å². The van der Waals surface area contributed by atoms with Crippen LogP contribution in [0, 0.1) is 10.1 Å². The molecule has 2 aromatic heterocycles. The third-order valence-electron chi connectivity index (χ3n) is 2.20. The molecule has 0 unspecified atom stereocenters. The van der Waals surface area contributed by atoms with Gasteiger partial charge in [0.25, 0.3) is 0 Å². The van der Waals surface area contributed by atoms with E-state index in [4.69, 9.17) is 9.52 Å². The molecule has 0 radical (unpaired) electrons. The zero-order valence-corrected chi connectivity index (χ0v) is 8.57. The standard InChI is InChI=1S/C10H8N2O5/c13-10(14)8-2-1-5-11(8)6-7-3-4-9(17-7)12(15)16/h1-5H,6H2,(H,13,14). The van der Waals surface area contributed by atoms with Crippen molar-refractivity contribution >= 4 is 11.9 Å². The second kappa shape index (κ2) is 4.12. The lowest BCUT2D eigenvalue weighted by Crippen LogP contribution is -2.07. The summed E-state index contributed by atoms with van der Waals surface area (Å²) >= 11 is 0. The van der Waals surface area contributed by atoms with Crippen molar-refractivity contribution in [2.45, 2.75) is 6.54 Å². The molecule has 0 aliphatic heterocycles. The molecule has 17 heavy (non-hydrogen) atoms. The van der Waals surface area contributed by atoms with Crippen molar-refractivity contribution < 1.29 is 19.2 Å². The van der Waals surface area contributed by atoms with Crippen LogP contribution in [-0.2, 0) is 6.54 Å². The van der Waals surface area contributed by atoms with Gasteiger partial charge in [-0.3, -0.25) is 10.1 Å². The summed E-state index contributed by atoms with van der Waals surface area (Å²) in [4.78, 5) is 20.6. The molecule has 7 nitrogen and oxygen atoms in total. The molecule has 2 rings (SSSR count). The summed E-state index contributed by atoms with van der Waals surface area (Å²) in [5.41, 5.74) is 0.101. The Morgan fingerprint density at radius 1 is 1.47 bits per heavy atom. The van der Waals surface area contributed by atoms with Crippen molar-refractivity contribution in [2.24, 2.45) is 0 Å². The van der Waals surface area contributed by atoms with Crippen molar-refractivity contribution in [1.29, 1.82) is 0 Å². The molecule has 1 N–H and O–H groups in total. The quantitative estimate of drug-likeness (QED) is 0.643. The second-order valence-corrected chi connectivity index (χ2v) is 3.32. The number of carboxylic acids is 1. The zero-order valence-electron chi connectivity index (χ0n) is 8.57. The average molecular weight is 236 g/mol. The van der Waals surface area contributed by atoms with Crippen LogP contribution in [0.2, 0.25) is 0 Å². The number of nitrogens with zero attached hydrogens (tertiary/aromatic N) is 2. The number of aromatic nitrogens is 1. The largest absolute Gasteiger partial charge is 0.477 e. The first kappa shape index (κ1) is 10.9. The van der Waals surface area contributed by atoms with E-state index in [1.165, 1.54) is 22.8 Å². The topological polar surface area (TPSA) is 98.5 Å². The molecule has 7 heteroatoms. The highest BCUT2D eigenvalue weighted by molar-refractivity contribution is 5.85. The van der Waals surface area contributed by atoms with Crippen LogP contribution in [0.15, 0.2) is 34.9 Å². The van der Waals surface area contributed by atoms with E-state index in [-0.39, 0.29) is 18.1 Å². The van der Waals surface area contributed by atoms with Gasteiger partial charge in [-0.15, -0.1) is 0 Å². The van der Waals surface area contributed by atoms with Crippen LogP contribution in [-0.4, -0.2) is 20.6 Å². The lowest BCUT2D eigenvalue weighted by Gasteiger charge is -2.02. The minimum atomic E-state index is -1.06. The van der Waals surface area contributed by atoms with Gasteiger partial charge in [0.2, 0.25) is 0 Å². The van der Waals surface area contributed by atoms with Crippen molar-refractivity contribution in [3.63, 3.8) is 0 Å². The van der Waals surface area contributed by atoms with Gasteiger partial charge in [0.05, 0.1) is 12.6 Å². The van der Waals surface area contributed by atoms with E-state index in [1.807, 2.05) is 0 Å². The Morgan fingerprint density at radius 3 is 2.82 bits per heavy atom. The highest BCUT2D eigenvalue weighted by Crippen LogP contribution is 2.17. The zero-order chi connectivity index (χ0) is 12.4. The first-order valence-electron chi connectivity index (χ1n) is 4.69. The molecule has 0 amide bonds. The van der Waals surface area contributed by atoms with Gasteiger partial charge in [-0.05, 0) is 18.2 Å². The normalized spacial score (nSPS) is 10.4. The summed E-state index contributed by atoms with van der Waals surface area (Å²) in [6.07, 6.45) is 1.57. The van der Waals surface area contributed by atoms with E-state index >= 15 is 0 Å². The van der Waals surface area contributed by atoms with Crippen LogP contribution in [0.25, 0.3) is 0 Å². The van der Waals surface area contributed by atoms with Crippen LogP contribution in [0.3, 0.4) is 0 Å². The van der Waals surface area contributed by atoms with Crippen molar-refractivity contribution in [3.8, 4) is 0 Å². The molecule has 2 heterocycles. The third kappa shape index (κ3) is 2.17. The van der Waals surface area contributed by atoms with Gasteiger partial charge in [0.15, 0.2) is 0 Å². The summed E-state index contributed by atoms with van der Waals surface area (Å²) in [7, 11) is 0. The van der Waals surface area contributed by atoms with Gasteiger partial charge in [0, 0.05) is 6.20 Å². The van der Waals surface area contributed by atoms with E-state index in [0.717, 1.165) is 0 Å². The Bertz CT molecular complexity index is 569. The fourth-order valence-corrected chi connectivity index (χ4v) is 1.46. The number of rotatable bonds is 4. The maximum Gasteiger partial charge on any atom is 0.433 e. The first-order chi connectivity index (χ1) is 8.08. The molecule has 0 bridgehead atoms. The molecule has 0 spiro atoms. The summed E-state index contributed by atoms with van der Waals surface area (Å²) in [6, 6.07) is 5.71. The molecule has 0 saturated carbocycles. The Morgan fingerprint density at radius 2 is 2.24 bits per heavy atom. The number of aromatic carboxylic acids is 1. The molecule has 0 fully saturated rings. The van der Waals surface area contributed by atoms with E-state index in [9.17, 15) is 14.9 Å². The smallest absolute Gasteiger partial charge is 0.433 e. The van der Waals surface area contributed by atoms with Gasteiger partial charge < -0.3 is 14.1 Å². The molecule has 0 saturated heterocycles. The molecule has 0 aliphatic rings. The number of carbonyl (C=O) groups is 1. The van der Waals surface area contributed by atoms with Gasteiger partial charge >= 0.3 is 11.9 Å². The summed E-state index contributed by atoms with van der Waals surface area (Å²) in [5.74, 6) is -1.09. The highest BCUT2D eigenvalue weighted by atomic mass is 16.6. The van der Waals surface area contributed by atoms with Crippen LogP contribution < -0.4 is 0 Å². The number of nitro groups is 1. The first-order valence-corrected chi connectivity index (χ1v) is 4.69. The lowest BCUT2D eigenvalue weighted by molar-refractivity contribution is -0.402. The number of carboxylic acid groups (broad SMARTS) is 1. The second-order valence-electron chi connectivity index (χ2n) is 3.32.